The van der Waals surface area contributed by atoms with Gasteiger partial charge >= 0.3 is 0 Å². The molecule has 1 aromatic heterocycles. The number of hydrogen-bond donors (Lipinski definition) is 2. The Hall–Kier alpha value is -2.76. The molecule has 1 aliphatic carbocycles. The van der Waals surface area contributed by atoms with Gasteiger partial charge in [-0.1, -0.05) is 27.7 Å². The van der Waals surface area contributed by atoms with Crippen LogP contribution in [0.3, 0.4) is 0 Å². The lowest BCUT2D eigenvalue weighted by Gasteiger charge is -2.20. The van der Waals surface area contributed by atoms with Gasteiger partial charge < -0.3 is 11.1 Å². The van der Waals surface area contributed by atoms with E-state index in [1.807, 2.05) is 27.7 Å². The van der Waals surface area contributed by atoms with Gasteiger partial charge in [0.1, 0.15) is 11.6 Å². The molecule has 6 heteroatoms. The molecule has 4 rings (SSSR count). The molecular formula is C26H34F2N4. The van der Waals surface area contributed by atoms with Crippen LogP contribution in [0, 0.1) is 19.8 Å². The first-order chi connectivity index (χ1) is 15.2. The molecule has 3 atom stereocenters. The minimum Gasteiger partial charge on any atom is -0.399 e. The number of halogens is 2. The van der Waals surface area contributed by atoms with E-state index in [0.29, 0.717) is 28.9 Å². The Morgan fingerprint density at radius 2 is 1.69 bits per heavy atom. The Bertz CT molecular complexity index is 1130. The SMILES string of the molecule is CC.Cc1nc(N[C@H](C)c2cc(N)cc(C(F)F)c2)c2cc(C)c3c(c2n1)CC(C)C3C. The summed E-state index contributed by atoms with van der Waals surface area (Å²) in [7, 11) is 0. The smallest absolute Gasteiger partial charge is 0.263 e. The summed E-state index contributed by atoms with van der Waals surface area (Å²) in [5.74, 6) is 2.51. The van der Waals surface area contributed by atoms with E-state index in [-0.39, 0.29) is 11.6 Å². The quantitative estimate of drug-likeness (QED) is 0.419. The van der Waals surface area contributed by atoms with Crippen molar-refractivity contribution in [1.29, 1.82) is 0 Å². The van der Waals surface area contributed by atoms with Crippen molar-refractivity contribution in [1.82, 2.24) is 9.97 Å². The highest BCUT2D eigenvalue weighted by Crippen LogP contribution is 2.43. The van der Waals surface area contributed by atoms with Crippen molar-refractivity contribution in [2.24, 2.45) is 5.92 Å². The van der Waals surface area contributed by atoms with E-state index in [1.165, 1.54) is 28.8 Å². The highest BCUT2D eigenvalue weighted by atomic mass is 19.3. The van der Waals surface area contributed by atoms with Crippen LogP contribution in [0.5, 0.6) is 0 Å². The van der Waals surface area contributed by atoms with Crippen LogP contribution >= 0.6 is 0 Å². The van der Waals surface area contributed by atoms with Gasteiger partial charge in [0.25, 0.3) is 6.43 Å². The van der Waals surface area contributed by atoms with Crippen LogP contribution in [-0.2, 0) is 6.42 Å². The largest absolute Gasteiger partial charge is 0.399 e. The second kappa shape index (κ2) is 9.39. The maximum Gasteiger partial charge on any atom is 0.263 e. The molecule has 0 bridgehead atoms. The molecule has 0 saturated heterocycles. The number of nitrogen functional groups attached to an aromatic ring is 1. The molecule has 32 heavy (non-hydrogen) atoms. The Labute approximate surface area is 189 Å². The third-order valence-electron chi connectivity index (χ3n) is 6.39. The molecule has 0 radical (unpaired) electrons. The zero-order chi connectivity index (χ0) is 23.7. The van der Waals surface area contributed by atoms with Gasteiger partial charge in [0, 0.05) is 16.6 Å². The highest BCUT2D eigenvalue weighted by molar-refractivity contribution is 5.93. The van der Waals surface area contributed by atoms with Crippen molar-refractivity contribution < 1.29 is 8.78 Å². The topological polar surface area (TPSA) is 63.8 Å². The first-order valence-electron chi connectivity index (χ1n) is 11.4. The van der Waals surface area contributed by atoms with E-state index in [0.717, 1.165) is 23.1 Å². The number of hydrogen-bond acceptors (Lipinski definition) is 4. The van der Waals surface area contributed by atoms with Gasteiger partial charge in [-0.15, -0.1) is 0 Å². The molecule has 3 aromatic rings. The Morgan fingerprint density at radius 1 is 1.03 bits per heavy atom. The summed E-state index contributed by atoms with van der Waals surface area (Å²) < 4.78 is 26.4. The lowest BCUT2D eigenvalue weighted by molar-refractivity contribution is 0.151. The average molecular weight is 441 g/mol. The van der Waals surface area contributed by atoms with E-state index < -0.39 is 6.43 Å². The van der Waals surface area contributed by atoms with Crippen molar-refractivity contribution in [3.8, 4) is 0 Å². The summed E-state index contributed by atoms with van der Waals surface area (Å²) in [4.78, 5) is 9.43. The van der Waals surface area contributed by atoms with Gasteiger partial charge in [-0.05, 0) is 85.5 Å². The molecule has 0 spiro atoms. The molecular weight excluding hydrogens is 406 g/mol. The predicted molar refractivity (Wildman–Crippen MR) is 129 cm³/mol. The second-order valence-electron chi connectivity index (χ2n) is 8.67. The summed E-state index contributed by atoms with van der Waals surface area (Å²) in [6, 6.07) is 6.46. The molecule has 2 aromatic carbocycles. The summed E-state index contributed by atoms with van der Waals surface area (Å²) in [6.45, 7) is 14.5. The minimum absolute atomic E-state index is 0.0704. The summed E-state index contributed by atoms with van der Waals surface area (Å²) in [6.07, 6.45) is -1.55. The molecule has 3 N–H and O–H groups in total. The van der Waals surface area contributed by atoms with Gasteiger partial charge in [0.2, 0.25) is 0 Å². The monoisotopic (exact) mass is 440 g/mol. The van der Waals surface area contributed by atoms with E-state index in [9.17, 15) is 8.78 Å². The van der Waals surface area contributed by atoms with Crippen LogP contribution in [0.1, 0.15) is 86.6 Å². The molecule has 172 valence electrons. The lowest BCUT2D eigenvalue weighted by Crippen LogP contribution is -2.11. The third-order valence-corrected chi connectivity index (χ3v) is 6.39. The number of aromatic nitrogens is 2. The molecule has 2 unspecified atom stereocenters. The van der Waals surface area contributed by atoms with E-state index in [4.69, 9.17) is 10.7 Å². The van der Waals surface area contributed by atoms with Crippen LogP contribution in [0.2, 0.25) is 0 Å². The maximum absolute atomic E-state index is 13.2. The predicted octanol–water partition coefficient (Wildman–Crippen LogP) is 7.26. The fourth-order valence-corrected chi connectivity index (χ4v) is 4.71. The summed E-state index contributed by atoms with van der Waals surface area (Å²) >= 11 is 0. The Kier molecular flexibility index (Phi) is 7.01. The standard InChI is InChI=1S/C24H28F2N4.C2H6/c1-11-6-19-21(13(11)3)12(2)7-20-22(19)29-15(5)30-24(20)28-14(4)16-8-17(23(25)26)10-18(27)9-16;1-2/h7-11,13-14,23H,6,27H2,1-5H3,(H,28,29,30);1-2H3/t11?,13?,14-;/m1./s1. The minimum atomic E-state index is -2.56. The normalized spacial score (nSPS) is 18.3. The van der Waals surface area contributed by atoms with Crippen molar-refractivity contribution in [2.75, 3.05) is 11.1 Å². The first kappa shape index (κ1) is 23.9. The van der Waals surface area contributed by atoms with Crippen LogP contribution < -0.4 is 11.1 Å². The van der Waals surface area contributed by atoms with Crippen LogP contribution in [0.4, 0.5) is 20.3 Å². The number of aryl methyl sites for hydroxylation is 2. The average Bonchev–Trinajstić information content (AvgIpc) is 3.05. The number of rotatable bonds is 4. The van der Waals surface area contributed by atoms with Crippen LogP contribution in [0.25, 0.3) is 10.9 Å². The van der Waals surface area contributed by atoms with Crippen molar-refractivity contribution in [3.05, 3.63) is 57.9 Å². The van der Waals surface area contributed by atoms with Crippen molar-refractivity contribution >= 4 is 22.4 Å². The maximum atomic E-state index is 13.2. The zero-order valence-electron chi connectivity index (χ0n) is 20.1. The molecule has 1 heterocycles. The van der Waals surface area contributed by atoms with Crippen LogP contribution in [-0.4, -0.2) is 9.97 Å². The number of anilines is 2. The molecule has 0 aliphatic heterocycles. The van der Waals surface area contributed by atoms with Crippen molar-refractivity contribution in [3.63, 3.8) is 0 Å². The molecule has 4 nitrogen and oxygen atoms in total. The van der Waals surface area contributed by atoms with E-state index in [2.05, 4.69) is 37.1 Å². The summed E-state index contributed by atoms with van der Waals surface area (Å²) in [5.41, 5.74) is 11.8. The van der Waals surface area contributed by atoms with Gasteiger partial charge in [0.15, 0.2) is 0 Å². The Balaban J connectivity index is 0.00000141. The van der Waals surface area contributed by atoms with E-state index >= 15 is 0 Å². The number of nitrogens with two attached hydrogens (primary N) is 1. The molecule has 0 fully saturated rings. The number of benzene rings is 2. The zero-order valence-corrected chi connectivity index (χ0v) is 20.1. The van der Waals surface area contributed by atoms with Gasteiger partial charge in [-0.3, -0.25) is 0 Å². The van der Waals surface area contributed by atoms with Gasteiger partial charge in [-0.25, -0.2) is 18.7 Å². The number of alkyl halides is 2. The van der Waals surface area contributed by atoms with Gasteiger partial charge in [0.05, 0.1) is 11.6 Å². The van der Waals surface area contributed by atoms with Crippen LogP contribution in [0.15, 0.2) is 24.3 Å². The fourth-order valence-electron chi connectivity index (χ4n) is 4.71. The first-order valence-corrected chi connectivity index (χ1v) is 11.4. The molecule has 0 saturated carbocycles. The highest BCUT2D eigenvalue weighted by Gasteiger charge is 2.30. The van der Waals surface area contributed by atoms with Crippen molar-refractivity contribution in [2.45, 2.75) is 73.3 Å². The number of nitrogens with one attached hydrogen (secondary N) is 1. The fraction of sp³-hybridized carbons (Fsp3) is 0.462. The number of fused-ring (bicyclic) bond motifs is 3. The summed E-state index contributed by atoms with van der Waals surface area (Å²) in [5, 5.41) is 4.40. The second-order valence-corrected chi connectivity index (χ2v) is 8.67. The van der Waals surface area contributed by atoms with Gasteiger partial charge in [-0.2, -0.15) is 0 Å². The van der Waals surface area contributed by atoms with E-state index in [1.54, 1.807) is 6.07 Å². The molecule has 1 aliphatic rings. The lowest BCUT2D eigenvalue weighted by atomic mass is 9.92. The molecule has 0 amide bonds. The third kappa shape index (κ3) is 4.41. The number of nitrogens with zero attached hydrogens (tertiary/aromatic N) is 2. The Morgan fingerprint density at radius 3 is 2.34 bits per heavy atom.